The van der Waals surface area contributed by atoms with Gasteiger partial charge in [0.1, 0.15) is 0 Å². The van der Waals surface area contributed by atoms with E-state index in [0.29, 0.717) is 22.2 Å². The summed E-state index contributed by atoms with van der Waals surface area (Å²) in [5.41, 5.74) is 0.164. The summed E-state index contributed by atoms with van der Waals surface area (Å²) in [5.74, 6) is 0.0807. The number of carbonyl (C=O) groups excluding carboxylic acids is 1. The first-order valence-electron chi connectivity index (χ1n) is 5.74. The number of nitrogens with one attached hydrogen (secondary N) is 1. The number of carbonyl (C=O) groups is 1. The van der Waals surface area contributed by atoms with Gasteiger partial charge in [-0.05, 0) is 31.5 Å². The molecule has 0 radical (unpaired) electrons. The van der Waals surface area contributed by atoms with E-state index in [9.17, 15) is 4.79 Å². The molecule has 92 valence electrons. The van der Waals surface area contributed by atoms with Gasteiger partial charge in [0.15, 0.2) is 5.78 Å². The SMILES string of the molecule is CC1(C(=O)c2cccc(Cl)c2Cl)CCCNC1. The number of benzene rings is 1. The van der Waals surface area contributed by atoms with Gasteiger partial charge >= 0.3 is 0 Å². The Morgan fingerprint density at radius 2 is 2.18 bits per heavy atom. The van der Waals surface area contributed by atoms with Crippen LogP contribution in [0.25, 0.3) is 0 Å². The summed E-state index contributed by atoms with van der Waals surface area (Å²) < 4.78 is 0. The molecular formula is C13H15Cl2NO. The highest BCUT2D eigenvalue weighted by atomic mass is 35.5. The van der Waals surface area contributed by atoms with Crippen LogP contribution >= 0.6 is 23.2 Å². The second-order valence-corrected chi connectivity index (χ2v) is 5.56. The fraction of sp³-hybridized carbons (Fsp3) is 0.462. The first kappa shape index (κ1) is 12.9. The van der Waals surface area contributed by atoms with Crippen LogP contribution in [-0.4, -0.2) is 18.9 Å². The molecule has 2 nitrogen and oxygen atoms in total. The van der Waals surface area contributed by atoms with Crippen LogP contribution in [0.3, 0.4) is 0 Å². The summed E-state index contributed by atoms with van der Waals surface area (Å²) in [6.45, 7) is 3.67. The minimum Gasteiger partial charge on any atom is -0.316 e. The molecule has 0 spiro atoms. The van der Waals surface area contributed by atoms with Crippen LogP contribution in [-0.2, 0) is 0 Å². The molecular weight excluding hydrogens is 257 g/mol. The summed E-state index contributed by atoms with van der Waals surface area (Å²) in [5, 5.41) is 4.06. The maximum Gasteiger partial charge on any atom is 0.171 e. The van der Waals surface area contributed by atoms with Gasteiger partial charge in [-0.3, -0.25) is 4.79 Å². The average Bonchev–Trinajstić information content (AvgIpc) is 2.33. The van der Waals surface area contributed by atoms with E-state index in [1.807, 2.05) is 6.92 Å². The van der Waals surface area contributed by atoms with Crippen LogP contribution in [0.4, 0.5) is 0 Å². The highest BCUT2D eigenvalue weighted by molar-refractivity contribution is 6.44. The molecule has 0 saturated carbocycles. The molecule has 1 atom stereocenters. The molecule has 17 heavy (non-hydrogen) atoms. The Kier molecular flexibility index (Phi) is 3.76. The fourth-order valence-corrected chi connectivity index (χ4v) is 2.64. The molecule has 1 heterocycles. The second-order valence-electron chi connectivity index (χ2n) is 4.77. The molecule has 0 aromatic heterocycles. The van der Waals surface area contributed by atoms with Crippen molar-refractivity contribution in [1.82, 2.24) is 5.32 Å². The molecule has 1 aromatic rings. The van der Waals surface area contributed by atoms with Crippen molar-refractivity contribution in [3.63, 3.8) is 0 Å². The molecule has 0 bridgehead atoms. The molecule has 1 N–H and O–H groups in total. The zero-order chi connectivity index (χ0) is 12.5. The van der Waals surface area contributed by atoms with E-state index in [4.69, 9.17) is 23.2 Å². The molecule has 4 heteroatoms. The van der Waals surface area contributed by atoms with E-state index >= 15 is 0 Å². The van der Waals surface area contributed by atoms with Crippen molar-refractivity contribution in [1.29, 1.82) is 0 Å². The van der Waals surface area contributed by atoms with Gasteiger partial charge in [0.05, 0.1) is 10.0 Å². The number of piperidine rings is 1. The van der Waals surface area contributed by atoms with Crippen LogP contribution in [0.1, 0.15) is 30.1 Å². The van der Waals surface area contributed by atoms with E-state index in [-0.39, 0.29) is 11.2 Å². The molecule has 1 saturated heterocycles. The fourth-order valence-electron chi connectivity index (χ4n) is 2.25. The molecule has 1 aliphatic heterocycles. The van der Waals surface area contributed by atoms with Crippen LogP contribution in [0.15, 0.2) is 18.2 Å². The smallest absolute Gasteiger partial charge is 0.171 e. The van der Waals surface area contributed by atoms with Gasteiger partial charge in [0, 0.05) is 17.5 Å². The van der Waals surface area contributed by atoms with Gasteiger partial charge in [0.2, 0.25) is 0 Å². The van der Waals surface area contributed by atoms with Crippen molar-refractivity contribution in [2.24, 2.45) is 5.41 Å². The van der Waals surface area contributed by atoms with Gasteiger partial charge in [-0.2, -0.15) is 0 Å². The predicted octanol–water partition coefficient (Wildman–Crippen LogP) is 3.57. The Labute approximate surface area is 111 Å². The van der Waals surface area contributed by atoms with Crippen molar-refractivity contribution in [2.75, 3.05) is 13.1 Å². The Balaban J connectivity index is 2.33. The lowest BCUT2D eigenvalue weighted by molar-refractivity contribution is 0.0773. The first-order valence-corrected chi connectivity index (χ1v) is 6.50. The number of halogens is 2. The van der Waals surface area contributed by atoms with Crippen LogP contribution in [0.5, 0.6) is 0 Å². The molecule has 2 rings (SSSR count). The minimum absolute atomic E-state index is 0.0807. The van der Waals surface area contributed by atoms with Crippen molar-refractivity contribution >= 4 is 29.0 Å². The Hall–Kier alpha value is -0.570. The normalized spacial score (nSPS) is 24.6. The van der Waals surface area contributed by atoms with Gasteiger partial charge < -0.3 is 5.32 Å². The molecule has 1 aromatic carbocycles. The lowest BCUT2D eigenvalue weighted by atomic mass is 9.76. The van der Waals surface area contributed by atoms with Crippen molar-refractivity contribution in [3.05, 3.63) is 33.8 Å². The number of Topliss-reactive ketones (excluding diaryl/α,β-unsaturated/α-hetero) is 1. The minimum atomic E-state index is -0.368. The third-order valence-electron chi connectivity index (χ3n) is 3.34. The van der Waals surface area contributed by atoms with Gasteiger partial charge in [-0.1, -0.05) is 36.2 Å². The molecule has 0 amide bonds. The summed E-state index contributed by atoms with van der Waals surface area (Å²) in [4.78, 5) is 12.5. The Bertz CT molecular complexity index is 439. The second kappa shape index (κ2) is 4.97. The summed E-state index contributed by atoms with van der Waals surface area (Å²) in [6, 6.07) is 5.21. The van der Waals surface area contributed by atoms with Gasteiger partial charge in [-0.15, -0.1) is 0 Å². The van der Waals surface area contributed by atoms with E-state index < -0.39 is 0 Å². The quantitative estimate of drug-likeness (QED) is 0.834. The van der Waals surface area contributed by atoms with E-state index in [1.165, 1.54) is 0 Å². The lowest BCUT2D eigenvalue weighted by Gasteiger charge is -2.32. The number of hydrogen-bond acceptors (Lipinski definition) is 2. The Morgan fingerprint density at radius 3 is 2.82 bits per heavy atom. The van der Waals surface area contributed by atoms with Gasteiger partial charge in [0.25, 0.3) is 0 Å². The van der Waals surface area contributed by atoms with E-state index in [1.54, 1.807) is 18.2 Å². The third-order valence-corrected chi connectivity index (χ3v) is 4.16. The largest absolute Gasteiger partial charge is 0.316 e. The lowest BCUT2D eigenvalue weighted by Crippen LogP contribution is -2.43. The highest BCUT2D eigenvalue weighted by Gasteiger charge is 2.36. The topological polar surface area (TPSA) is 29.1 Å². The molecule has 1 aliphatic rings. The van der Waals surface area contributed by atoms with Crippen molar-refractivity contribution in [3.8, 4) is 0 Å². The van der Waals surface area contributed by atoms with Crippen LogP contribution in [0, 0.1) is 5.41 Å². The molecule has 1 unspecified atom stereocenters. The van der Waals surface area contributed by atoms with Crippen molar-refractivity contribution in [2.45, 2.75) is 19.8 Å². The maximum absolute atomic E-state index is 12.5. The molecule has 0 aliphatic carbocycles. The van der Waals surface area contributed by atoms with E-state index in [0.717, 1.165) is 19.4 Å². The van der Waals surface area contributed by atoms with Crippen LogP contribution in [0.2, 0.25) is 10.0 Å². The van der Waals surface area contributed by atoms with Gasteiger partial charge in [-0.25, -0.2) is 0 Å². The predicted molar refractivity (Wildman–Crippen MR) is 71.0 cm³/mol. The first-order chi connectivity index (χ1) is 8.04. The number of hydrogen-bond donors (Lipinski definition) is 1. The summed E-state index contributed by atoms with van der Waals surface area (Å²) >= 11 is 12.0. The summed E-state index contributed by atoms with van der Waals surface area (Å²) in [7, 11) is 0. The zero-order valence-corrected chi connectivity index (χ0v) is 11.2. The number of ketones is 1. The zero-order valence-electron chi connectivity index (χ0n) is 9.72. The average molecular weight is 272 g/mol. The number of rotatable bonds is 2. The molecule has 1 fully saturated rings. The van der Waals surface area contributed by atoms with Crippen molar-refractivity contribution < 1.29 is 4.79 Å². The third kappa shape index (κ3) is 2.49. The monoisotopic (exact) mass is 271 g/mol. The van der Waals surface area contributed by atoms with Crippen LogP contribution < -0.4 is 5.32 Å². The highest BCUT2D eigenvalue weighted by Crippen LogP contribution is 2.34. The maximum atomic E-state index is 12.5. The summed E-state index contributed by atoms with van der Waals surface area (Å²) in [6.07, 6.45) is 1.90. The van der Waals surface area contributed by atoms with E-state index in [2.05, 4.69) is 5.32 Å². The Morgan fingerprint density at radius 1 is 1.41 bits per heavy atom. The standard InChI is InChI=1S/C13H15Cl2NO/c1-13(6-3-7-16-8-13)12(17)9-4-2-5-10(14)11(9)15/h2,4-5,16H,3,6-8H2,1H3.